The Morgan fingerprint density at radius 1 is 1.21 bits per heavy atom. The summed E-state index contributed by atoms with van der Waals surface area (Å²) in [7, 11) is -3.20. The summed E-state index contributed by atoms with van der Waals surface area (Å²) in [5.41, 5.74) is 1.83. The number of hydrogen-bond donors (Lipinski definition) is 0. The summed E-state index contributed by atoms with van der Waals surface area (Å²) >= 11 is 5.73. The smallest absolute Gasteiger partial charge is 0.212 e. The molecule has 1 heterocycles. The van der Waals surface area contributed by atoms with Gasteiger partial charge in [0.05, 0.1) is 5.75 Å². The summed E-state index contributed by atoms with van der Waals surface area (Å²) in [5, 5.41) is 0. The predicted octanol–water partition coefficient (Wildman–Crippen LogP) is 3.13. The first kappa shape index (κ1) is 14.8. The van der Waals surface area contributed by atoms with Crippen molar-refractivity contribution >= 4 is 21.6 Å². The number of sulfonamides is 1. The number of benzene rings is 1. The molecular formula is C14H20ClNO2S. The lowest BCUT2D eigenvalue weighted by Crippen LogP contribution is -2.42. The number of rotatable bonds is 4. The fourth-order valence-electron chi connectivity index (χ4n) is 2.50. The molecule has 1 fully saturated rings. The third-order valence-electron chi connectivity index (χ3n) is 3.63. The summed E-state index contributed by atoms with van der Waals surface area (Å²) in [6.07, 6.45) is 3.05. The van der Waals surface area contributed by atoms with Crippen LogP contribution in [0.1, 0.15) is 37.3 Å². The summed E-state index contributed by atoms with van der Waals surface area (Å²) < 4.78 is 26.5. The van der Waals surface area contributed by atoms with Crippen LogP contribution >= 0.6 is 11.6 Å². The molecule has 1 unspecified atom stereocenters. The molecular weight excluding hydrogens is 282 g/mol. The van der Waals surface area contributed by atoms with Gasteiger partial charge in [0.15, 0.2) is 0 Å². The molecule has 0 bridgehead atoms. The minimum absolute atomic E-state index is 0.0832. The van der Waals surface area contributed by atoms with Crippen LogP contribution < -0.4 is 0 Å². The Morgan fingerprint density at radius 3 is 2.42 bits per heavy atom. The van der Waals surface area contributed by atoms with Gasteiger partial charge >= 0.3 is 0 Å². The molecule has 19 heavy (non-hydrogen) atoms. The lowest BCUT2D eigenvalue weighted by molar-refractivity contribution is 0.268. The van der Waals surface area contributed by atoms with Crippen molar-refractivity contribution in [1.29, 1.82) is 0 Å². The van der Waals surface area contributed by atoms with E-state index < -0.39 is 10.0 Å². The van der Waals surface area contributed by atoms with Crippen LogP contribution in [0.15, 0.2) is 24.3 Å². The van der Waals surface area contributed by atoms with E-state index in [0.717, 1.165) is 30.4 Å². The van der Waals surface area contributed by atoms with E-state index in [1.807, 2.05) is 31.2 Å². The Bertz CT molecular complexity index is 513. The molecule has 0 aromatic heterocycles. The monoisotopic (exact) mass is 301 g/mol. The Hall–Kier alpha value is -0.580. The van der Waals surface area contributed by atoms with Crippen molar-refractivity contribution in [3.8, 4) is 0 Å². The number of piperidine rings is 1. The number of halogens is 1. The molecule has 0 radical (unpaired) electrons. The largest absolute Gasteiger partial charge is 0.218 e. The minimum atomic E-state index is -3.20. The predicted molar refractivity (Wildman–Crippen MR) is 78.6 cm³/mol. The average molecular weight is 302 g/mol. The molecule has 0 N–H and O–H groups in total. The average Bonchev–Trinajstić information content (AvgIpc) is 2.39. The minimum Gasteiger partial charge on any atom is -0.212 e. The van der Waals surface area contributed by atoms with Crippen molar-refractivity contribution in [2.75, 3.05) is 6.54 Å². The SMILES string of the molecule is CC1CCCCN1S(=O)(=O)Cc1ccc(CCl)cc1. The maximum absolute atomic E-state index is 12.4. The molecule has 2 rings (SSSR count). The van der Waals surface area contributed by atoms with Crippen LogP contribution in [-0.2, 0) is 21.7 Å². The molecule has 1 saturated heterocycles. The lowest BCUT2D eigenvalue weighted by atomic mass is 10.1. The van der Waals surface area contributed by atoms with Gasteiger partial charge in [-0.05, 0) is 30.9 Å². The standard InChI is InChI=1S/C14H20ClNO2S/c1-12-4-2-3-9-16(12)19(17,18)11-14-7-5-13(10-15)6-8-14/h5-8,12H,2-4,9-11H2,1H3. The van der Waals surface area contributed by atoms with E-state index in [4.69, 9.17) is 11.6 Å². The Morgan fingerprint density at radius 2 is 1.84 bits per heavy atom. The van der Waals surface area contributed by atoms with Crippen molar-refractivity contribution in [2.24, 2.45) is 0 Å². The Labute approximate surface area is 120 Å². The maximum Gasteiger partial charge on any atom is 0.218 e. The van der Waals surface area contributed by atoms with E-state index in [2.05, 4.69) is 0 Å². The molecule has 1 aliphatic heterocycles. The van der Waals surface area contributed by atoms with Gasteiger partial charge in [-0.25, -0.2) is 8.42 Å². The first-order chi connectivity index (χ1) is 9.03. The summed E-state index contributed by atoms with van der Waals surface area (Å²) in [5.74, 6) is 0.538. The van der Waals surface area contributed by atoms with Gasteiger partial charge in [-0.3, -0.25) is 0 Å². The summed E-state index contributed by atoms with van der Waals surface area (Å²) in [6.45, 7) is 2.65. The van der Waals surface area contributed by atoms with Crippen LogP contribution in [-0.4, -0.2) is 25.3 Å². The van der Waals surface area contributed by atoms with Gasteiger partial charge < -0.3 is 0 Å². The zero-order chi connectivity index (χ0) is 13.9. The van der Waals surface area contributed by atoms with Crippen LogP contribution in [0, 0.1) is 0 Å². The molecule has 1 aliphatic rings. The van der Waals surface area contributed by atoms with Crippen molar-refractivity contribution in [1.82, 2.24) is 4.31 Å². The van der Waals surface area contributed by atoms with Crippen molar-refractivity contribution in [2.45, 2.75) is 43.9 Å². The molecule has 0 aliphatic carbocycles. The first-order valence-electron chi connectivity index (χ1n) is 6.66. The highest BCUT2D eigenvalue weighted by Crippen LogP contribution is 2.22. The second kappa shape index (κ2) is 6.25. The van der Waals surface area contributed by atoms with Crippen molar-refractivity contribution in [3.05, 3.63) is 35.4 Å². The molecule has 106 valence electrons. The summed E-state index contributed by atoms with van der Waals surface area (Å²) in [6, 6.07) is 7.60. The van der Waals surface area contributed by atoms with E-state index in [9.17, 15) is 8.42 Å². The fraction of sp³-hybridized carbons (Fsp3) is 0.571. The van der Waals surface area contributed by atoms with E-state index >= 15 is 0 Å². The second-order valence-electron chi connectivity index (χ2n) is 5.16. The molecule has 3 nitrogen and oxygen atoms in total. The summed E-state index contributed by atoms with van der Waals surface area (Å²) in [4.78, 5) is 0. The fourth-order valence-corrected chi connectivity index (χ4v) is 4.52. The van der Waals surface area contributed by atoms with Crippen LogP contribution in [0.5, 0.6) is 0 Å². The van der Waals surface area contributed by atoms with E-state index in [-0.39, 0.29) is 11.8 Å². The Balaban J connectivity index is 2.11. The van der Waals surface area contributed by atoms with Gasteiger partial charge in [0, 0.05) is 18.5 Å². The topological polar surface area (TPSA) is 37.4 Å². The second-order valence-corrected chi connectivity index (χ2v) is 7.35. The first-order valence-corrected chi connectivity index (χ1v) is 8.80. The lowest BCUT2D eigenvalue weighted by Gasteiger charge is -2.32. The van der Waals surface area contributed by atoms with Crippen molar-refractivity contribution in [3.63, 3.8) is 0 Å². The molecule has 1 atom stereocenters. The molecule has 0 amide bonds. The zero-order valence-corrected chi connectivity index (χ0v) is 12.8. The van der Waals surface area contributed by atoms with Crippen molar-refractivity contribution < 1.29 is 8.42 Å². The van der Waals surface area contributed by atoms with E-state index in [0.29, 0.717) is 12.4 Å². The van der Waals surface area contributed by atoms with Gasteiger partial charge in [-0.1, -0.05) is 30.7 Å². The van der Waals surface area contributed by atoms with Gasteiger partial charge in [-0.2, -0.15) is 4.31 Å². The van der Waals surface area contributed by atoms with Crippen LogP contribution in [0.3, 0.4) is 0 Å². The number of alkyl halides is 1. The molecule has 0 spiro atoms. The van der Waals surface area contributed by atoms with E-state index in [1.165, 1.54) is 0 Å². The highest BCUT2D eigenvalue weighted by Gasteiger charge is 2.29. The highest BCUT2D eigenvalue weighted by molar-refractivity contribution is 7.88. The molecule has 1 aromatic carbocycles. The van der Waals surface area contributed by atoms with E-state index in [1.54, 1.807) is 4.31 Å². The highest BCUT2D eigenvalue weighted by atomic mass is 35.5. The number of hydrogen-bond acceptors (Lipinski definition) is 2. The van der Waals surface area contributed by atoms with Crippen LogP contribution in [0.2, 0.25) is 0 Å². The molecule has 1 aromatic rings. The quantitative estimate of drug-likeness (QED) is 0.801. The van der Waals surface area contributed by atoms with Crippen LogP contribution in [0.25, 0.3) is 0 Å². The number of nitrogens with zero attached hydrogens (tertiary/aromatic N) is 1. The molecule has 5 heteroatoms. The van der Waals surface area contributed by atoms with Gasteiger partial charge in [0.2, 0.25) is 10.0 Å². The normalized spacial score (nSPS) is 21.5. The zero-order valence-electron chi connectivity index (χ0n) is 11.2. The Kier molecular flexibility index (Phi) is 4.87. The van der Waals surface area contributed by atoms with Gasteiger partial charge in [0.25, 0.3) is 0 Å². The van der Waals surface area contributed by atoms with Crippen LogP contribution in [0.4, 0.5) is 0 Å². The van der Waals surface area contributed by atoms with Gasteiger partial charge in [-0.15, -0.1) is 11.6 Å². The third-order valence-corrected chi connectivity index (χ3v) is 5.89. The van der Waals surface area contributed by atoms with Gasteiger partial charge in [0.1, 0.15) is 0 Å². The molecule has 0 saturated carbocycles. The maximum atomic E-state index is 12.4. The third kappa shape index (κ3) is 3.71.